The quantitative estimate of drug-likeness (QED) is 0.295. The van der Waals surface area contributed by atoms with E-state index in [0.29, 0.717) is 19.3 Å². The van der Waals surface area contributed by atoms with Gasteiger partial charge in [-0.05, 0) is 118 Å². The van der Waals surface area contributed by atoms with Crippen LogP contribution in [0, 0.1) is 23.7 Å². The number of carbonyl (C=O) groups excluding carboxylic acids is 2. The molecule has 298 valence electrons. The van der Waals surface area contributed by atoms with Crippen LogP contribution >= 0.6 is 0 Å². The first-order valence-corrected chi connectivity index (χ1v) is 20.3. The van der Waals surface area contributed by atoms with Crippen LogP contribution in [0.2, 0.25) is 0 Å². The molecule has 0 radical (unpaired) electrons. The van der Waals surface area contributed by atoms with E-state index in [1.54, 1.807) is 32.0 Å². The van der Waals surface area contributed by atoms with Crippen LogP contribution in [0.4, 0.5) is 0 Å². The average molecular weight is 734 g/mol. The van der Waals surface area contributed by atoms with Crippen molar-refractivity contribution in [2.24, 2.45) is 23.7 Å². The molecule has 11 heteroatoms. The molecule has 3 N–H and O–H groups in total. The van der Waals surface area contributed by atoms with Crippen molar-refractivity contribution in [1.82, 2.24) is 14.7 Å². The summed E-state index contributed by atoms with van der Waals surface area (Å²) in [6.45, 7) is 15.3. The number of piperidine rings is 2. The van der Waals surface area contributed by atoms with Crippen LogP contribution < -0.4 is 0 Å². The van der Waals surface area contributed by atoms with Crippen molar-refractivity contribution in [3.8, 4) is 0 Å². The number of hydrogen-bond donors (Lipinski definition) is 3. The van der Waals surface area contributed by atoms with Crippen LogP contribution in [-0.2, 0) is 23.8 Å². The third kappa shape index (κ3) is 12.2. The van der Waals surface area contributed by atoms with Gasteiger partial charge in [0.25, 0.3) is 0 Å². The van der Waals surface area contributed by atoms with Gasteiger partial charge < -0.3 is 44.2 Å². The van der Waals surface area contributed by atoms with Gasteiger partial charge >= 0.3 is 5.97 Å². The minimum absolute atomic E-state index is 0.0270. The molecular formula is C41H71N3O8. The molecule has 11 nitrogen and oxygen atoms in total. The Morgan fingerprint density at radius 2 is 1.54 bits per heavy atom. The molecule has 0 aromatic carbocycles. The van der Waals surface area contributed by atoms with Crippen LogP contribution in [0.1, 0.15) is 98.8 Å². The van der Waals surface area contributed by atoms with E-state index < -0.39 is 54.7 Å². The highest BCUT2D eigenvalue weighted by molar-refractivity contribution is 5.91. The van der Waals surface area contributed by atoms with Crippen molar-refractivity contribution in [1.29, 1.82) is 0 Å². The Hall–Kier alpha value is -1.70. The minimum Gasteiger partial charge on any atom is -0.462 e. The molecule has 0 bridgehead atoms. The molecule has 0 aromatic rings. The minimum atomic E-state index is -1.17. The average Bonchev–Trinajstić information content (AvgIpc) is 3.12. The first kappa shape index (κ1) is 43.0. The van der Waals surface area contributed by atoms with Crippen molar-refractivity contribution < 1.29 is 39.1 Å². The second-order valence-electron chi connectivity index (χ2n) is 16.6. The van der Waals surface area contributed by atoms with E-state index in [1.807, 2.05) is 33.8 Å². The molecule has 52 heavy (non-hydrogen) atoms. The topological polar surface area (TPSA) is 132 Å². The summed E-state index contributed by atoms with van der Waals surface area (Å²) in [7, 11) is 3.60. The molecule has 0 aromatic heterocycles. The lowest BCUT2D eigenvalue weighted by Crippen LogP contribution is -2.63. The monoisotopic (exact) mass is 734 g/mol. The van der Waals surface area contributed by atoms with E-state index in [2.05, 4.69) is 15.9 Å². The Labute approximate surface area is 313 Å². The molecule has 0 amide bonds. The molecule has 12 atom stereocenters. The number of rotatable bonds is 9. The number of ketones is 1. The van der Waals surface area contributed by atoms with Crippen molar-refractivity contribution in [2.45, 2.75) is 148 Å². The largest absolute Gasteiger partial charge is 0.462 e. The number of cyclic esters (lactones) is 1. The number of aliphatic hydroxyl groups is 3. The molecule has 0 spiro atoms. The number of likely N-dealkylation sites (N-methyl/N-ethyl adjacent to an activating group) is 1. The summed E-state index contributed by atoms with van der Waals surface area (Å²) in [5.41, 5.74) is 0.954. The molecule has 4 rings (SSSR count). The van der Waals surface area contributed by atoms with E-state index >= 15 is 0 Å². The lowest BCUT2D eigenvalue weighted by atomic mass is 9.79. The van der Waals surface area contributed by atoms with Gasteiger partial charge in [-0.2, -0.15) is 0 Å². The van der Waals surface area contributed by atoms with Crippen LogP contribution in [0.3, 0.4) is 0 Å². The number of aliphatic hydroxyl groups excluding tert-OH is 3. The van der Waals surface area contributed by atoms with Gasteiger partial charge in [-0.25, -0.2) is 0 Å². The van der Waals surface area contributed by atoms with Gasteiger partial charge in [0.2, 0.25) is 0 Å². The highest BCUT2D eigenvalue weighted by atomic mass is 16.7. The van der Waals surface area contributed by atoms with Gasteiger partial charge in [0.05, 0.1) is 36.9 Å². The Bertz CT molecular complexity index is 1170. The lowest BCUT2D eigenvalue weighted by molar-refractivity contribution is -0.304. The first-order chi connectivity index (χ1) is 24.8. The van der Waals surface area contributed by atoms with Gasteiger partial charge in [0.15, 0.2) is 12.1 Å². The van der Waals surface area contributed by atoms with Crippen molar-refractivity contribution in [2.75, 3.05) is 53.4 Å². The van der Waals surface area contributed by atoms with E-state index in [0.717, 1.165) is 70.5 Å². The number of hydrogen-bond acceptors (Lipinski definition) is 11. The highest BCUT2D eigenvalue weighted by Crippen LogP contribution is 2.35. The molecule has 0 aliphatic carbocycles. The number of carbonyl (C=O) groups is 2. The fourth-order valence-electron chi connectivity index (χ4n) is 8.83. The maximum atomic E-state index is 13.8. The van der Waals surface area contributed by atoms with Gasteiger partial charge in [-0.3, -0.25) is 9.59 Å². The zero-order valence-corrected chi connectivity index (χ0v) is 33.2. The summed E-state index contributed by atoms with van der Waals surface area (Å²) in [6, 6.07) is -0.632. The number of allylic oxidation sites excluding steroid dienone is 3. The van der Waals surface area contributed by atoms with E-state index in [1.165, 1.54) is 12.8 Å². The Morgan fingerprint density at radius 1 is 0.904 bits per heavy atom. The Kier molecular flexibility index (Phi) is 17.2. The molecule has 3 fully saturated rings. The van der Waals surface area contributed by atoms with Gasteiger partial charge in [-0.15, -0.1) is 0 Å². The van der Waals surface area contributed by atoms with Crippen molar-refractivity contribution in [3.05, 3.63) is 23.8 Å². The summed E-state index contributed by atoms with van der Waals surface area (Å²) in [5, 5.41) is 34.2. The fourth-order valence-corrected chi connectivity index (χ4v) is 8.83. The Morgan fingerprint density at radius 3 is 2.15 bits per heavy atom. The van der Waals surface area contributed by atoms with Crippen LogP contribution in [0.15, 0.2) is 23.8 Å². The van der Waals surface area contributed by atoms with E-state index in [-0.39, 0.29) is 36.1 Å². The van der Waals surface area contributed by atoms with Crippen LogP contribution in [-0.4, -0.2) is 144 Å². The summed E-state index contributed by atoms with van der Waals surface area (Å²) in [4.78, 5) is 34.1. The van der Waals surface area contributed by atoms with Gasteiger partial charge in [0.1, 0.15) is 12.2 Å². The van der Waals surface area contributed by atoms with E-state index in [4.69, 9.17) is 14.2 Å². The maximum absolute atomic E-state index is 13.8. The maximum Gasteiger partial charge on any atom is 0.308 e. The normalized spacial score (nSPS) is 40.2. The highest BCUT2D eigenvalue weighted by Gasteiger charge is 2.47. The summed E-state index contributed by atoms with van der Waals surface area (Å²) in [6.07, 6.45) is 8.49. The second-order valence-corrected chi connectivity index (χ2v) is 16.6. The van der Waals surface area contributed by atoms with Crippen molar-refractivity contribution in [3.63, 3.8) is 0 Å². The fraction of sp³-hybridized carbons (Fsp3) is 0.854. The summed E-state index contributed by atoms with van der Waals surface area (Å²) >= 11 is 0. The summed E-state index contributed by atoms with van der Waals surface area (Å²) < 4.78 is 19.1. The third-order valence-corrected chi connectivity index (χ3v) is 12.1. The summed E-state index contributed by atoms with van der Waals surface area (Å²) in [5.74, 6) is -1.58. The first-order valence-electron chi connectivity index (χ1n) is 20.3. The molecule has 0 saturated carbocycles. The standard InChI is InChI=1S/C41H71N3O8/c1-8-35-32(26-44-20-13-10-14-21-44)23-27(2)15-16-33(45)28(3)24-31(17-22-43-18-11-9-12-19-43)40(29(4)34(46)25-36(47)51-35)52-41-39(49)37(42(6)7)38(48)30(5)50-41/h15-16,23,28-32,34-35,37-41,46,48-49H,8-14,17-22,24-26H2,1-7H3/b16-15+,27-23+/t28-,29+,30?,31+,32-,34-,35-,37?,38?,39?,40-,41?/m1/s1. The molecule has 4 heterocycles. The SMILES string of the molecule is CC[C@H]1OC(=O)C[C@@H](O)[C@H](C)[C@@H](OC2OC(C)C(O)C(N(C)C)C2O)[C@@H](CCN2CCCCC2)C[C@@H](C)C(=O)/C=C/C(C)=C/[C@@H]1CN1CCCCC1. The number of esters is 1. The molecule has 4 aliphatic heterocycles. The zero-order chi connectivity index (χ0) is 37.9. The third-order valence-electron chi connectivity index (χ3n) is 12.1. The molecule has 3 saturated heterocycles. The lowest BCUT2D eigenvalue weighted by Gasteiger charge is -2.47. The van der Waals surface area contributed by atoms with E-state index in [9.17, 15) is 24.9 Å². The zero-order valence-electron chi connectivity index (χ0n) is 33.2. The Balaban J connectivity index is 1.68. The van der Waals surface area contributed by atoms with Crippen LogP contribution in [0.25, 0.3) is 0 Å². The van der Waals surface area contributed by atoms with Gasteiger partial charge in [-0.1, -0.05) is 51.3 Å². The smallest absolute Gasteiger partial charge is 0.308 e. The predicted octanol–water partition coefficient (Wildman–Crippen LogP) is 4.18. The number of ether oxygens (including phenoxy) is 3. The molecule has 5 unspecified atom stereocenters. The molecule has 4 aliphatic rings. The predicted molar refractivity (Wildman–Crippen MR) is 203 cm³/mol. The number of likely N-dealkylation sites (tertiary alicyclic amines) is 2. The molecular weight excluding hydrogens is 662 g/mol. The number of nitrogens with zero attached hydrogens (tertiary/aromatic N) is 3. The van der Waals surface area contributed by atoms with Crippen molar-refractivity contribution >= 4 is 11.8 Å². The van der Waals surface area contributed by atoms with Gasteiger partial charge in [0, 0.05) is 24.3 Å². The van der Waals surface area contributed by atoms with Crippen LogP contribution in [0.5, 0.6) is 0 Å². The second kappa shape index (κ2) is 20.8.